The molecule has 0 spiro atoms. The number of rotatable bonds is 6. The summed E-state index contributed by atoms with van der Waals surface area (Å²) in [7, 11) is 0. The lowest BCUT2D eigenvalue weighted by Gasteiger charge is -2.13. The van der Waals surface area contributed by atoms with Gasteiger partial charge in [-0.2, -0.15) is 0 Å². The average Bonchev–Trinajstić information content (AvgIpc) is 2.49. The standard InChI is InChI=1S/C17H17FO2/c18-15-9-7-14(8-10-15)16(12-19)17(20)11-6-13-4-2-1-3-5-13/h1-5,7-10,16,19H,6,11-12H2. The van der Waals surface area contributed by atoms with E-state index < -0.39 is 5.92 Å². The van der Waals surface area contributed by atoms with Gasteiger partial charge in [0.15, 0.2) is 0 Å². The molecule has 1 atom stereocenters. The molecule has 0 saturated heterocycles. The number of ketones is 1. The van der Waals surface area contributed by atoms with Crippen molar-refractivity contribution in [2.45, 2.75) is 18.8 Å². The third-order valence-corrected chi connectivity index (χ3v) is 3.35. The highest BCUT2D eigenvalue weighted by Crippen LogP contribution is 2.19. The minimum Gasteiger partial charge on any atom is -0.395 e. The van der Waals surface area contributed by atoms with Crippen LogP contribution >= 0.6 is 0 Å². The van der Waals surface area contributed by atoms with E-state index in [1.54, 1.807) is 12.1 Å². The highest BCUT2D eigenvalue weighted by atomic mass is 19.1. The molecular weight excluding hydrogens is 255 g/mol. The first-order valence-electron chi connectivity index (χ1n) is 6.63. The summed E-state index contributed by atoms with van der Waals surface area (Å²) in [6.07, 6.45) is 1.02. The number of hydrogen-bond donors (Lipinski definition) is 1. The number of aryl methyl sites for hydroxylation is 1. The minimum absolute atomic E-state index is 0.0250. The van der Waals surface area contributed by atoms with E-state index in [0.717, 1.165) is 5.56 Å². The van der Waals surface area contributed by atoms with Gasteiger partial charge in [0.1, 0.15) is 11.6 Å². The van der Waals surface area contributed by atoms with Gasteiger partial charge in [-0.1, -0.05) is 42.5 Å². The molecule has 20 heavy (non-hydrogen) atoms. The second-order valence-electron chi connectivity index (χ2n) is 4.74. The van der Waals surface area contributed by atoms with E-state index in [2.05, 4.69) is 0 Å². The fraction of sp³-hybridized carbons (Fsp3) is 0.235. The zero-order valence-electron chi connectivity index (χ0n) is 11.1. The van der Waals surface area contributed by atoms with Crippen LogP contribution in [0.1, 0.15) is 23.5 Å². The molecule has 0 saturated carbocycles. The molecule has 0 aliphatic heterocycles. The molecule has 2 aromatic rings. The molecule has 0 bridgehead atoms. The molecule has 2 aromatic carbocycles. The summed E-state index contributed by atoms with van der Waals surface area (Å²) in [4.78, 5) is 12.2. The zero-order valence-corrected chi connectivity index (χ0v) is 11.1. The first kappa shape index (κ1) is 14.4. The Kier molecular flexibility index (Phi) is 5.02. The summed E-state index contributed by atoms with van der Waals surface area (Å²) in [5.74, 6) is -0.940. The van der Waals surface area contributed by atoms with Gasteiger partial charge >= 0.3 is 0 Å². The van der Waals surface area contributed by atoms with E-state index in [0.29, 0.717) is 18.4 Å². The topological polar surface area (TPSA) is 37.3 Å². The molecule has 0 amide bonds. The van der Waals surface area contributed by atoms with Crippen LogP contribution in [0.3, 0.4) is 0 Å². The maximum absolute atomic E-state index is 12.9. The summed E-state index contributed by atoms with van der Waals surface area (Å²) >= 11 is 0. The Balaban J connectivity index is 2.00. The van der Waals surface area contributed by atoms with Crippen molar-refractivity contribution < 1.29 is 14.3 Å². The van der Waals surface area contributed by atoms with Crippen LogP contribution in [0, 0.1) is 5.82 Å². The monoisotopic (exact) mass is 272 g/mol. The Hall–Kier alpha value is -2.00. The largest absolute Gasteiger partial charge is 0.395 e. The van der Waals surface area contributed by atoms with E-state index in [4.69, 9.17) is 0 Å². The van der Waals surface area contributed by atoms with Crippen molar-refractivity contribution in [3.8, 4) is 0 Å². The molecule has 1 unspecified atom stereocenters. The van der Waals surface area contributed by atoms with Crippen LogP contribution in [0.25, 0.3) is 0 Å². The quantitative estimate of drug-likeness (QED) is 0.877. The number of carbonyl (C=O) groups is 1. The molecule has 1 N–H and O–H groups in total. The lowest BCUT2D eigenvalue weighted by atomic mass is 9.92. The number of halogens is 1. The van der Waals surface area contributed by atoms with E-state index >= 15 is 0 Å². The van der Waals surface area contributed by atoms with Gasteiger partial charge in [-0.25, -0.2) is 4.39 Å². The van der Waals surface area contributed by atoms with Crippen molar-refractivity contribution in [3.05, 3.63) is 71.5 Å². The lowest BCUT2D eigenvalue weighted by molar-refractivity contribution is -0.121. The highest BCUT2D eigenvalue weighted by Gasteiger charge is 2.19. The van der Waals surface area contributed by atoms with Crippen molar-refractivity contribution in [1.29, 1.82) is 0 Å². The summed E-state index contributed by atoms with van der Waals surface area (Å²) in [5, 5.41) is 9.40. The van der Waals surface area contributed by atoms with Crippen LogP contribution in [-0.4, -0.2) is 17.5 Å². The van der Waals surface area contributed by atoms with Gasteiger partial charge in [0.25, 0.3) is 0 Å². The highest BCUT2D eigenvalue weighted by molar-refractivity contribution is 5.86. The molecule has 0 aliphatic carbocycles. The second-order valence-corrected chi connectivity index (χ2v) is 4.74. The van der Waals surface area contributed by atoms with Gasteiger partial charge in [-0.05, 0) is 29.7 Å². The van der Waals surface area contributed by atoms with Gasteiger partial charge in [0, 0.05) is 6.42 Å². The van der Waals surface area contributed by atoms with E-state index in [-0.39, 0.29) is 18.2 Å². The molecule has 0 heterocycles. The minimum atomic E-state index is -0.570. The van der Waals surface area contributed by atoms with E-state index in [9.17, 15) is 14.3 Å². The molecular formula is C17H17FO2. The molecule has 104 valence electrons. The van der Waals surface area contributed by atoms with Gasteiger partial charge in [0.2, 0.25) is 0 Å². The molecule has 0 aliphatic rings. The number of Topliss-reactive ketones (excluding diaryl/α,β-unsaturated/α-hetero) is 1. The van der Waals surface area contributed by atoms with Crippen LogP contribution in [0.4, 0.5) is 4.39 Å². The molecule has 2 nitrogen and oxygen atoms in total. The van der Waals surface area contributed by atoms with Gasteiger partial charge in [-0.3, -0.25) is 4.79 Å². The first-order chi connectivity index (χ1) is 9.70. The van der Waals surface area contributed by atoms with Crippen LogP contribution in [0.2, 0.25) is 0 Å². The normalized spacial score (nSPS) is 12.1. The fourth-order valence-corrected chi connectivity index (χ4v) is 2.17. The number of benzene rings is 2. The predicted molar refractivity (Wildman–Crippen MR) is 76.0 cm³/mol. The SMILES string of the molecule is O=C(CCc1ccccc1)C(CO)c1ccc(F)cc1. The van der Waals surface area contributed by atoms with Crippen molar-refractivity contribution in [1.82, 2.24) is 0 Å². The second kappa shape index (κ2) is 6.96. The van der Waals surface area contributed by atoms with E-state index in [1.807, 2.05) is 30.3 Å². The molecule has 0 aromatic heterocycles. The Bertz CT molecular complexity index is 549. The molecule has 3 heteroatoms. The van der Waals surface area contributed by atoms with Gasteiger partial charge < -0.3 is 5.11 Å². The molecule has 2 rings (SSSR count). The van der Waals surface area contributed by atoms with Gasteiger partial charge in [-0.15, -0.1) is 0 Å². The molecule has 0 radical (unpaired) electrons. The maximum atomic E-state index is 12.9. The van der Waals surface area contributed by atoms with Crippen LogP contribution in [0.15, 0.2) is 54.6 Å². The third kappa shape index (κ3) is 3.75. The first-order valence-corrected chi connectivity index (χ1v) is 6.63. The van der Waals surface area contributed by atoms with Gasteiger partial charge in [0.05, 0.1) is 12.5 Å². The smallest absolute Gasteiger partial charge is 0.142 e. The van der Waals surface area contributed by atoms with E-state index in [1.165, 1.54) is 12.1 Å². The number of aliphatic hydroxyl groups excluding tert-OH is 1. The summed E-state index contributed by atoms with van der Waals surface area (Å²) in [5.41, 5.74) is 1.75. The Morgan fingerprint density at radius 2 is 1.70 bits per heavy atom. The number of hydrogen-bond acceptors (Lipinski definition) is 2. The predicted octanol–water partition coefficient (Wildman–Crippen LogP) is 3.10. The lowest BCUT2D eigenvalue weighted by Crippen LogP contribution is -2.17. The van der Waals surface area contributed by atoms with Crippen molar-refractivity contribution in [3.63, 3.8) is 0 Å². The van der Waals surface area contributed by atoms with Crippen molar-refractivity contribution in [2.75, 3.05) is 6.61 Å². The zero-order chi connectivity index (χ0) is 14.4. The van der Waals surface area contributed by atoms with Crippen LogP contribution < -0.4 is 0 Å². The fourth-order valence-electron chi connectivity index (χ4n) is 2.17. The Morgan fingerprint density at radius 3 is 2.30 bits per heavy atom. The van der Waals surface area contributed by atoms with Crippen molar-refractivity contribution >= 4 is 5.78 Å². The summed E-state index contributed by atoms with van der Waals surface area (Å²) in [6, 6.07) is 15.5. The number of aliphatic hydroxyl groups is 1. The maximum Gasteiger partial charge on any atom is 0.142 e. The Labute approximate surface area is 117 Å². The average molecular weight is 272 g/mol. The Morgan fingerprint density at radius 1 is 1.05 bits per heavy atom. The summed E-state index contributed by atoms with van der Waals surface area (Å²) in [6.45, 7) is -0.251. The van der Waals surface area contributed by atoms with Crippen LogP contribution in [0.5, 0.6) is 0 Å². The van der Waals surface area contributed by atoms with Crippen molar-refractivity contribution in [2.24, 2.45) is 0 Å². The summed E-state index contributed by atoms with van der Waals surface area (Å²) < 4.78 is 12.9. The third-order valence-electron chi connectivity index (χ3n) is 3.35. The molecule has 0 fully saturated rings. The van der Waals surface area contributed by atoms with Crippen LogP contribution in [-0.2, 0) is 11.2 Å². The number of carbonyl (C=O) groups excluding carboxylic acids is 1.